The van der Waals surface area contributed by atoms with E-state index in [9.17, 15) is 9.59 Å². The van der Waals surface area contributed by atoms with Gasteiger partial charge in [0.05, 0.1) is 0 Å². The maximum atomic E-state index is 12.6. The summed E-state index contributed by atoms with van der Waals surface area (Å²) in [7, 11) is 0. The first kappa shape index (κ1) is 45.4. The Kier molecular flexibility index (Phi) is 36.7. The lowest BCUT2D eigenvalue weighted by atomic mass is 10.0. The van der Waals surface area contributed by atoms with Crippen LogP contribution in [0.2, 0.25) is 0 Å². The third kappa shape index (κ3) is 37.8. The minimum absolute atomic E-state index is 0.0239. The molecule has 0 saturated heterocycles. The van der Waals surface area contributed by atoms with Crippen molar-refractivity contribution in [2.24, 2.45) is 0 Å². The molecule has 0 bridgehead atoms. The molecule has 0 aliphatic heterocycles. The van der Waals surface area contributed by atoms with Crippen LogP contribution >= 0.6 is 0 Å². The van der Waals surface area contributed by atoms with Gasteiger partial charge < -0.3 is 9.84 Å². The fourth-order valence-corrected chi connectivity index (χ4v) is 5.54. The molecule has 0 rings (SSSR count). The molecule has 4 heteroatoms. The zero-order valence-corrected chi connectivity index (χ0v) is 31.3. The maximum Gasteiger partial charge on any atom is 0.306 e. The summed E-state index contributed by atoms with van der Waals surface area (Å²) in [5.41, 5.74) is 0. The summed E-state index contributed by atoms with van der Waals surface area (Å²) in [6.45, 7) is 4.41. The van der Waals surface area contributed by atoms with Gasteiger partial charge in [-0.3, -0.25) is 9.59 Å². The summed E-state index contributed by atoms with van der Waals surface area (Å²) < 4.78 is 5.99. The van der Waals surface area contributed by atoms with Crippen LogP contribution in [0.15, 0.2) is 72.9 Å². The molecular formula is C44H74O4. The highest BCUT2D eigenvalue weighted by atomic mass is 16.5. The highest BCUT2D eigenvalue weighted by Crippen LogP contribution is 2.18. The summed E-state index contributed by atoms with van der Waals surface area (Å²) in [5.74, 6) is -0.717. The lowest BCUT2D eigenvalue weighted by Gasteiger charge is -2.18. The molecule has 0 saturated carbocycles. The number of ether oxygens (including phenoxy) is 1. The van der Waals surface area contributed by atoms with Crippen LogP contribution in [0.25, 0.3) is 0 Å². The molecule has 1 atom stereocenters. The van der Waals surface area contributed by atoms with Gasteiger partial charge in [-0.2, -0.15) is 0 Å². The molecule has 0 heterocycles. The second-order valence-corrected chi connectivity index (χ2v) is 13.1. The fraction of sp³-hybridized carbons (Fsp3) is 0.682. The van der Waals surface area contributed by atoms with Crippen LogP contribution in [0.4, 0.5) is 0 Å². The van der Waals surface area contributed by atoms with Gasteiger partial charge in [-0.15, -0.1) is 0 Å². The Bertz CT molecular complexity index is 892. The van der Waals surface area contributed by atoms with Gasteiger partial charge in [0.2, 0.25) is 0 Å². The molecular weight excluding hydrogens is 592 g/mol. The van der Waals surface area contributed by atoms with Crippen molar-refractivity contribution in [3.8, 4) is 0 Å². The summed E-state index contributed by atoms with van der Waals surface area (Å²) in [5, 5.41) is 8.75. The van der Waals surface area contributed by atoms with E-state index < -0.39 is 5.97 Å². The molecule has 4 nitrogen and oxygen atoms in total. The molecule has 0 aromatic rings. The number of hydrogen-bond acceptors (Lipinski definition) is 3. The van der Waals surface area contributed by atoms with Gasteiger partial charge in [-0.05, 0) is 89.9 Å². The quantitative estimate of drug-likeness (QED) is 0.0415. The molecule has 0 aromatic carbocycles. The van der Waals surface area contributed by atoms with Crippen molar-refractivity contribution < 1.29 is 19.4 Å². The van der Waals surface area contributed by atoms with E-state index in [0.29, 0.717) is 6.42 Å². The zero-order chi connectivity index (χ0) is 35.0. The monoisotopic (exact) mass is 667 g/mol. The second-order valence-electron chi connectivity index (χ2n) is 13.1. The first-order valence-electron chi connectivity index (χ1n) is 19.9. The second kappa shape index (κ2) is 38.8. The fourth-order valence-electron chi connectivity index (χ4n) is 5.54. The Morgan fingerprint density at radius 2 is 0.875 bits per heavy atom. The predicted octanol–water partition coefficient (Wildman–Crippen LogP) is 13.9. The summed E-state index contributed by atoms with van der Waals surface area (Å²) in [6, 6.07) is 0. The maximum absolute atomic E-state index is 12.6. The number of carboxylic acids is 1. The number of carboxylic acid groups (broad SMARTS) is 1. The lowest BCUT2D eigenvalue weighted by Crippen LogP contribution is -2.18. The molecule has 274 valence electrons. The Morgan fingerprint density at radius 1 is 0.479 bits per heavy atom. The molecule has 1 unspecified atom stereocenters. The van der Waals surface area contributed by atoms with Gasteiger partial charge in [-0.1, -0.05) is 157 Å². The normalized spacial score (nSPS) is 13.0. The van der Waals surface area contributed by atoms with Crippen molar-refractivity contribution in [3.63, 3.8) is 0 Å². The zero-order valence-electron chi connectivity index (χ0n) is 31.3. The van der Waals surface area contributed by atoms with E-state index in [4.69, 9.17) is 9.84 Å². The van der Waals surface area contributed by atoms with E-state index in [-0.39, 0.29) is 18.5 Å². The molecule has 0 aromatic heterocycles. The van der Waals surface area contributed by atoms with E-state index in [2.05, 4.69) is 86.8 Å². The summed E-state index contributed by atoms with van der Waals surface area (Å²) in [6.07, 6.45) is 55.0. The molecule has 48 heavy (non-hydrogen) atoms. The van der Waals surface area contributed by atoms with Crippen molar-refractivity contribution >= 4 is 11.9 Å². The van der Waals surface area contributed by atoms with E-state index in [1.807, 2.05) is 0 Å². The number of rotatable bonds is 35. The van der Waals surface area contributed by atoms with Gasteiger partial charge in [0.15, 0.2) is 0 Å². The SMILES string of the molecule is CC/C=C\C/C=C\C/C=C\C/C=C\C/C=C\C/C=C\CCCCC(=O)OC(CCCCCCCCC)CCCCCCCCCC(=O)O. The smallest absolute Gasteiger partial charge is 0.306 e. The van der Waals surface area contributed by atoms with E-state index in [1.54, 1.807) is 0 Å². The van der Waals surface area contributed by atoms with Gasteiger partial charge in [-0.25, -0.2) is 0 Å². The molecule has 0 spiro atoms. The number of carbonyl (C=O) groups is 2. The Labute approximate surface area is 297 Å². The highest BCUT2D eigenvalue weighted by Gasteiger charge is 2.14. The van der Waals surface area contributed by atoms with Crippen LogP contribution in [0.1, 0.15) is 187 Å². The van der Waals surface area contributed by atoms with Gasteiger partial charge >= 0.3 is 11.9 Å². The van der Waals surface area contributed by atoms with Crippen LogP contribution in [0.5, 0.6) is 0 Å². The van der Waals surface area contributed by atoms with Gasteiger partial charge in [0.25, 0.3) is 0 Å². The van der Waals surface area contributed by atoms with E-state index in [1.165, 1.54) is 51.4 Å². The van der Waals surface area contributed by atoms with Crippen LogP contribution in [0.3, 0.4) is 0 Å². The number of carbonyl (C=O) groups excluding carboxylic acids is 1. The minimum atomic E-state index is -0.693. The van der Waals surface area contributed by atoms with Gasteiger partial charge in [0, 0.05) is 12.8 Å². The molecule has 1 N–H and O–H groups in total. The molecule has 0 amide bonds. The van der Waals surface area contributed by atoms with Crippen LogP contribution in [-0.4, -0.2) is 23.1 Å². The first-order valence-corrected chi connectivity index (χ1v) is 19.9. The summed E-state index contributed by atoms with van der Waals surface area (Å²) in [4.78, 5) is 23.3. The van der Waals surface area contributed by atoms with Crippen molar-refractivity contribution in [3.05, 3.63) is 72.9 Å². The average molecular weight is 667 g/mol. The molecule has 0 fully saturated rings. The third-order valence-electron chi connectivity index (χ3n) is 8.44. The number of esters is 1. The lowest BCUT2D eigenvalue weighted by molar-refractivity contribution is -0.150. The van der Waals surface area contributed by atoms with E-state index >= 15 is 0 Å². The molecule has 0 radical (unpaired) electrons. The van der Waals surface area contributed by atoms with Crippen molar-refractivity contribution in [1.29, 1.82) is 0 Å². The molecule has 0 aliphatic carbocycles. The topological polar surface area (TPSA) is 63.6 Å². The van der Waals surface area contributed by atoms with Crippen molar-refractivity contribution in [2.45, 2.75) is 193 Å². The Hall–Kier alpha value is -2.62. The van der Waals surface area contributed by atoms with Crippen LogP contribution in [0, 0.1) is 0 Å². The van der Waals surface area contributed by atoms with Crippen molar-refractivity contribution in [1.82, 2.24) is 0 Å². The van der Waals surface area contributed by atoms with Gasteiger partial charge in [0.1, 0.15) is 6.10 Å². The first-order chi connectivity index (χ1) is 23.6. The van der Waals surface area contributed by atoms with E-state index in [0.717, 1.165) is 109 Å². The largest absolute Gasteiger partial charge is 0.481 e. The van der Waals surface area contributed by atoms with Crippen LogP contribution in [-0.2, 0) is 14.3 Å². The average Bonchev–Trinajstić information content (AvgIpc) is 3.07. The van der Waals surface area contributed by atoms with Crippen LogP contribution < -0.4 is 0 Å². The standard InChI is InChI=1S/C44H74O4/c1-3-5-7-9-11-12-13-14-15-16-17-18-19-20-21-22-23-24-29-33-37-41-44(47)48-42(38-34-30-26-10-8-6-4-2)39-35-31-27-25-28-32-36-40-43(45)46/h5,7,11-12,14-15,17-18,20-21,23-24,42H,3-4,6,8-10,13,16,19,22,25-41H2,1-2H3,(H,45,46)/b7-5-,12-11-,15-14-,18-17-,21-20-,24-23-. The molecule has 0 aliphatic rings. The van der Waals surface area contributed by atoms with Crippen molar-refractivity contribution in [2.75, 3.05) is 0 Å². The summed E-state index contributed by atoms with van der Waals surface area (Å²) >= 11 is 0. The number of hydrogen-bond donors (Lipinski definition) is 1. The third-order valence-corrected chi connectivity index (χ3v) is 8.44. The number of aliphatic carboxylic acids is 1. The number of allylic oxidation sites excluding steroid dienone is 12. The Balaban J connectivity index is 4.07. The predicted molar refractivity (Wildman–Crippen MR) is 208 cm³/mol. The highest BCUT2D eigenvalue weighted by molar-refractivity contribution is 5.69. The number of unbranched alkanes of at least 4 members (excludes halogenated alkanes) is 14. The minimum Gasteiger partial charge on any atom is -0.481 e. The Morgan fingerprint density at radius 3 is 1.33 bits per heavy atom.